The molecule has 4 atom stereocenters. The molecule has 1 saturated heterocycles. The van der Waals surface area contributed by atoms with Crippen molar-refractivity contribution in [1.82, 2.24) is 0 Å². The van der Waals surface area contributed by atoms with Crippen molar-refractivity contribution in [2.75, 3.05) is 6.61 Å². The molecule has 178 valence electrons. The number of ether oxygens (including phenoxy) is 4. The van der Waals surface area contributed by atoms with E-state index in [0.29, 0.717) is 6.42 Å². The topological polar surface area (TPSA) is 105 Å². The van der Waals surface area contributed by atoms with Gasteiger partial charge in [-0.3, -0.25) is 14.4 Å². The first-order chi connectivity index (χ1) is 14.9. The van der Waals surface area contributed by atoms with Crippen LogP contribution in [0.2, 0.25) is 0 Å². The fourth-order valence-electron chi connectivity index (χ4n) is 4.94. The maximum Gasteiger partial charge on any atom is 0.333 e. The van der Waals surface area contributed by atoms with Gasteiger partial charge >= 0.3 is 23.9 Å². The Bertz CT molecular complexity index is 786. The molecule has 3 rings (SSSR count). The normalized spacial score (nSPS) is 28.6. The first-order valence-corrected chi connectivity index (χ1v) is 11.4. The minimum Gasteiger partial charge on any atom is -0.462 e. The summed E-state index contributed by atoms with van der Waals surface area (Å²) in [5.74, 6) is -3.30. The van der Waals surface area contributed by atoms with E-state index in [1.807, 2.05) is 0 Å². The molecule has 2 aliphatic carbocycles. The van der Waals surface area contributed by atoms with Crippen LogP contribution in [-0.2, 0) is 38.1 Å². The van der Waals surface area contributed by atoms with Crippen molar-refractivity contribution in [3.63, 3.8) is 0 Å². The van der Waals surface area contributed by atoms with Crippen LogP contribution < -0.4 is 0 Å². The molecule has 2 bridgehead atoms. The molecule has 0 amide bonds. The first kappa shape index (κ1) is 24.3. The van der Waals surface area contributed by atoms with Gasteiger partial charge < -0.3 is 18.9 Å². The van der Waals surface area contributed by atoms with Crippen LogP contribution in [0.25, 0.3) is 0 Å². The minimum absolute atomic E-state index is 0.135. The molecule has 8 nitrogen and oxygen atoms in total. The lowest BCUT2D eigenvalue weighted by atomic mass is 9.74. The third-order valence-electron chi connectivity index (χ3n) is 6.99. The Kier molecular flexibility index (Phi) is 7.00. The number of carbonyl (C=O) groups is 4. The third-order valence-corrected chi connectivity index (χ3v) is 6.99. The van der Waals surface area contributed by atoms with Crippen molar-refractivity contribution in [3.05, 3.63) is 12.2 Å². The second kappa shape index (κ2) is 9.24. The molecule has 8 heteroatoms. The monoisotopic (exact) mass is 450 g/mol. The van der Waals surface area contributed by atoms with Gasteiger partial charge in [0.1, 0.15) is 24.4 Å². The predicted molar refractivity (Wildman–Crippen MR) is 113 cm³/mol. The molecular weight excluding hydrogens is 416 g/mol. The number of hydrogen-bond acceptors (Lipinski definition) is 8. The Balaban J connectivity index is 1.63. The van der Waals surface area contributed by atoms with Crippen LogP contribution in [0.15, 0.2) is 12.2 Å². The van der Waals surface area contributed by atoms with Crippen LogP contribution in [0.5, 0.6) is 0 Å². The van der Waals surface area contributed by atoms with E-state index in [1.54, 1.807) is 0 Å². The number of esters is 4. The second-order valence-electron chi connectivity index (χ2n) is 10.2. The minimum atomic E-state index is -0.728. The Morgan fingerprint density at radius 2 is 1.81 bits per heavy atom. The number of rotatable bonds is 7. The molecule has 0 spiro atoms. The van der Waals surface area contributed by atoms with Crippen molar-refractivity contribution < 1.29 is 38.1 Å². The SMILES string of the molecule is C=C(C)C(=O)OCCC(=O)OC1CC(C(=O)OC2(C(C)(C)C)CCCC2)C2CC1OC2=O. The van der Waals surface area contributed by atoms with Crippen LogP contribution in [-0.4, -0.2) is 48.3 Å². The summed E-state index contributed by atoms with van der Waals surface area (Å²) in [7, 11) is 0. The highest BCUT2D eigenvalue weighted by Gasteiger charge is 2.55. The zero-order valence-electron chi connectivity index (χ0n) is 19.4. The molecule has 0 N–H and O–H groups in total. The van der Waals surface area contributed by atoms with Crippen LogP contribution in [0, 0.1) is 17.3 Å². The first-order valence-electron chi connectivity index (χ1n) is 11.4. The number of fused-ring (bicyclic) bond motifs is 2. The molecule has 0 aromatic carbocycles. The molecule has 3 fully saturated rings. The summed E-state index contributed by atoms with van der Waals surface area (Å²) in [6, 6.07) is 0. The summed E-state index contributed by atoms with van der Waals surface area (Å²) in [5.41, 5.74) is -0.534. The molecule has 2 saturated carbocycles. The molecule has 4 unspecified atom stereocenters. The van der Waals surface area contributed by atoms with Crippen molar-refractivity contribution >= 4 is 23.9 Å². The summed E-state index contributed by atoms with van der Waals surface area (Å²) >= 11 is 0. The van der Waals surface area contributed by atoms with Crippen molar-refractivity contribution in [1.29, 1.82) is 0 Å². The van der Waals surface area contributed by atoms with E-state index in [1.165, 1.54) is 6.92 Å². The van der Waals surface area contributed by atoms with E-state index in [0.717, 1.165) is 25.7 Å². The average molecular weight is 451 g/mol. The summed E-state index contributed by atoms with van der Waals surface area (Å²) in [6.45, 7) is 11.1. The van der Waals surface area contributed by atoms with E-state index in [9.17, 15) is 19.2 Å². The Hall–Kier alpha value is -2.38. The maximum absolute atomic E-state index is 13.2. The van der Waals surface area contributed by atoms with Gasteiger partial charge in [-0.05, 0) is 32.6 Å². The fraction of sp³-hybridized carbons (Fsp3) is 0.750. The highest BCUT2D eigenvalue weighted by atomic mass is 16.6. The van der Waals surface area contributed by atoms with Gasteiger partial charge in [-0.1, -0.05) is 27.4 Å². The molecule has 0 radical (unpaired) electrons. The van der Waals surface area contributed by atoms with Gasteiger partial charge in [0.25, 0.3) is 0 Å². The highest BCUT2D eigenvalue weighted by Crippen LogP contribution is 2.48. The lowest BCUT2D eigenvalue weighted by molar-refractivity contribution is -0.184. The third kappa shape index (κ3) is 4.99. The maximum atomic E-state index is 13.2. The average Bonchev–Trinajstić information content (AvgIpc) is 3.29. The standard InChI is InChI=1S/C24H34O8/c1-14(2)20(26)29-11-8-19(25)30-17-13-16(15-12-18(17)31-21(15)27)22(28)32-24(23(3,4)5)9-6-7-10-24/h15-18H,1,6-13H2,2-5H3. The molecule has 1 heterocycles. The smallest absolute Gasteiger partial charge is 0.333 e. The van der Waals surface area contributed by atoms with E-state index in [2.05, 4.69) is 27.4 Å². The van der Waals surface area contributed by atoms with Crippen LogP contribution >= 0.6 is 0 Å². The van der Waals surface area contributed by atoms with Crippen LogP contribution in [0.1, 0.15) is 72.6 Å². The molecule has 0 aromatic heterocycles. The van der Waals surface area contributed by atoms with E-state index in [-0.39, 0.29) is 30.4 Å². The Morgan fingerprint density at radius 3 is 2.41 bits per heavy atom. The van der Waals surface area contributed by atoms with Crippen LogP contribution in [0.4, 0.5) is 0 Å². The largest absolute Gasteiger partial charge is 0.462 e. The van der Waals surface area contributed by atoms with Gasteiger partial charge in [0.2, 0.25) is 0 Å². The van der Waals surface area contributed by atoms with Crippen molar-refractivity contribution in [3.8, 4) is 0 Å². The van der Waals surface area contributed by atoms with Crippen molar-refractivity contribution in [2.24, 2.45) is 17.3 Å². The van der Waals surface area contributed by atoms with E-state index < -0.39 is 53.5 Å². The van der Waals surface area contributed by atoms with Gasteiger partial charge in [0, 0.05) is 23.8 Å². The van der Waals surface area contributed by atoms with Gasteiger partial charge in [0.15, 0.2) is 0 Å². The summed E-state index contributed by atoms with van der Waals surface area (Å²) in [5, 5.41) is 0. The lowest BCUT2D eigenvalue weighted by Crippen LogP contribution is -2.48. The zero-order chi connectivity index (χ0) is 23.7. The number of hydrogen-bond donors (Lipinski definition) is 0. The Labute approximate surface area is 189 Å². The zero-order valence-corrected chi connectivity index (χ0v) is 19.4. The molecule has 32 heavy (non-hydrogen) atoms. The number of carbonyl (C=O) groups excluding carboxylic acids is 4. The molecule has 1 aliphatic heterocycles. The fourth-order valence-corrected chi connectivity index (χ4v) is 4.94. The van der Waals surface area contributed by atoms with E-state index in [4.69, 9.17) is 18.9 Å². The summed E-state index contributed by atoms with van der Waals surface area (Å²) in [4.78, 5) is 49.3. The van der Waals surface area contributed by atoms with Gasteiger partial charge in [-0.15, -0.1) is 0 Å². The van der Waals surface area contributed by atoms with Crippen LogP contribution in [0.3, 0.4) is 0 Å². The Morgan fingerprint density at radius 1 is 1.16 bits per heavy atom. The quantitative estimate of drug-likeness (QED) is 0.331. The summed E-state index contributed by atoms with van der Waals surface area (Å²) in [6.07, 6.45) is 2.67. The highest BCUT2D eigenvalue weighted by molar-refractivity contribution is 5.87. The van der Waals surface area contributed by atoms with Crippen molar-refractivity contribution in [2.45, 2.75) is 90.4 Å². The predicted octanol–water partition coefficient (Wildman–Crippen LogP) is 3.26. The second-order valence-corrected chi connectivity index (χ2v) is 10.2. The van der Waals surface area contributed by atoms with E-state index >= 15 is 0 Å². The van der Waals surface area contributed by atoms with Gasteiger partial charge in [-0.25, -0.2) is 4.79 Å². The summed E-state index contributed by atoms with van der Waals surface area (Å²) < 4.78 is 21.9. The molecule has 0 aromatic rings. The van der Waals surface area contributed by atoms with Gasteiger partial charge in [0.05, 0.1) is 18.3 Å². The lowest BCUT2D eigenvalue weighted by Gasteiger charge is -2.42. The van der Waals surface area contributed by atoms with Gasteiger partial charge in [-0.2, -0.15) is 0 Å². The molecular formula is C24H34O8. The molecule has 3 aliphatic rings.